The molecule has 0 aliphatic carbocycles. The van der Waals surface area contributed by atoms with Gasteiger partial charge < -0.3 is 10.5 Å². The fourth-order valence-electron chi connectivity index (χ4n) is 2.53. The van der Waals surface area contributed by atoms with Crippen LogP contribution in [0.25, 0.3) is 11.1 Å². The Balaban J connectivity index is 2.02. The van der Waals surface area contributed by atoms with E-state index in [1.54, 1.807) is 18.2 Å². The molecule has 3 aromatic carbocycles. The highest BCUT2D eigenvalue weighted by Gasteiger charge is 2.25. The first-order valence-corrected chi connectivity index (χ1v) is 10.5. The lowest BCUT2D eigenvalue weighted by atomic mass is 10.1. The number of nitrogens with two attached hydrogens (primary N) is 1. The van der Waals surface area contributed by atoms with Crippen LogP contribution < -0.4 is 15.2 Å². The van der Waals surface area contributed by atoms with Gasteiger partial charge >= 0.3 is 0 Å². The van der Waals surface area contributed by atoms with Crippen molar-refractivity contribution in [2.24, 2.45) is 5.73 Å². The number of halogens is 3. The number of primary amides is 1. The summed E-state index contributed by atoms with van der Waals surface area (Å²) in [7, 11) is -4.41. The number of amides is 1. The molecular weight excluding hydrogens is 454 g/mol. The van der Waals surface area contributed by atoms with E-state index in [9.17, 15) is 17.6 Å². The topological polar surface area (TPSA) is 98.5 Å². The molecule has 0 aromatic heterocycles. The van der Waals surface area contributed by atoms with Crippen molar-refractivity contribution in [1.29, 1.82) is 0 Å². The minimum Gasteiger partial charge on any atom is -0.481 e. The molecule has 0 atom stereocenters. The number of benzene rings is 2. The van der Waals surface area contributed by atoms with Crippen molar-refractivity contribution in [3.05, 3.63) is 76.5 Å². The van der Waals surface area contributed by atoms with E-state index in [-0.39, 0.29) is 21.5 Å². The Labute approximate surface area is 182 Å². The zero-order chi connectivity index (χ0) is 21.9. The van der Waals surface area contributed by atoms with Crippen LogP contribution >= 0.6 is 23.2 Å². The summed E-state index contributed by atoms with van der Waals surface area (Å²) in [4.78, 5) is 10.6. The second-order valence-electron chi connectivity index (χ2n) is 5.99. The maximum atomic E-state index is 14.4. The first-order valence-electron chi connectivity index (χ1n) is 8.28. The van der Waals surface area contributed by atoms with E-state index in [2.05, 4.69) is 16.9 Å². The van der Waals surface area contributed by atoms with Crippen LogP contribution in [0.1, 0.15) is 0 Å². The summed E-state index contributed by atoms with van der Waals surface area (Å²) in [5.74, 6) is -1.98. The zero-order valence-corrected chi connectivity index (χ0v) is 17.4. The molecule has 3 aromatic rings. The third-order valence-corrected chi connectivity index (χ3v) is 5.69. The van der Waals surface area contributed by atoms with E-state index in [1.165, 1.54) is 18.2 Å². The second-order valence-corrected chi connectivity index (χ2v) is 8.49. The van der Waals surface area contributed by atoms with Gasteiger partial charge in [-0.1, -0.05) is 41.4 Å². The van der Waals surface area contributed by atoms with Crippen molar-refractivity contribution in [1.82, 2.24) is 0 Å². The van der Waals surface area contributed by atoms with E-state index in [0.29, 0.717) is 11.1 Å². The van der Waals surface area contributed by atoms with Gasteiger partial charge in [-0.15, -0.1) is 0 Å². The van der Waals surface area contributed by atoms with Crippen LogP contribution in [0.4, 0.5) is 10.1 Å². The third kappa shape index (κ3) is 4.94. The molecule has 0 bridgehead atoms. The lowest BCUT2D eigenvalue weighted by molar-refractivity contribution is -0.120. The van der Waals surface area contributed by atoms with E-state index in [4.69, 9.17) is 33.7 Å². The Kier molecular flexibility index (Phi) is 6.37. The van der Waals surface area contributed by atoms with Crippen molar-refractivity contribution in [2.75, 3.05) is 11.3 Å². The van der Waals surface area contributed by atoms with Gasteiger partial charge in [0.15, 0.2) is 12.4 Å². The molecule has 1 amide bonds. The first-order chi connectivity index (χ1) is 14.2. The standard InChI is InChI=1S/C20H13Cl2FN2O4S/c21-14-9-15(22)20(29-11-19(24)26)18(10-14)30(27,28)25-17-8-13(6-7-16(17)23)12-4-2-1-3-5-12/h2,4-10,25H,11H2,(H2,24,26). The van der Waals surface area contributed by atoms with E-state index < -0.39 is 33.3 Å². The average molecular weight is 467 g/mol. The summed E-state index contributed by atoms with van der Waals surface area (Å²) in [5, 5.41) is -0.161. The maximum Gasteiger partial charge on any atom is 0.265 e. The van der Waals surface area contributed by atoms with Crippen LogP contribution in [0.5, 0.6) is 5.75 Å². The van der Waals surface area contributed by atoms with E-state index >= 15 is 0 Å². The van der Waals surface area contributed by atoms with E-state index in [1.807, 2.05) is 0 Å². The zero-order valence-electron chi connectivity index (χ0n) is 15.1. The molecule has 3 N–H and O–H groups in total. The Hall–Kier alpha value is -2.99. The molecule has 0 spiro atoms. The molecule has 6 nitrogen and oxygen atoms in total. The number of carbonyl (C=O) groups excluding carboxylic acids is 1. The third-order valence-electron chi connectivity index (χ3n) is 3.82. The smallest absolute Gasteiger partial charge is 0.265 e. The van der Waals surface area contributed by atoms with Gasteiger partial charge in [0.2, 0.25) is 0 Å². The van der Waals surface area contributed by atoms with Crippen molar-refractivity contribution >= 4 is 44.8 Å². The highest BCUT2D eigenvalue weighted by molar-refractivity contribution is 7.92. The Morgan fingerprint density at radius 3 is 2.57 bits per heavy atom. The molecular formula is C20H13Cl2FN2O4S. The lowest BCUT2D eigenvalue weighted by Crippen LogP contribution is -2.22. The molecule has 10 heteroatoms. The van der Waals surface area contributed by atoms with Crippen molar-refractivity contribution in [2.45, 2.75) is 4.90 Å². The SMILES string of the molecule is NC(=O)COc1c(Cl)cc(Cl)cc1S(=O)(=O)Nc1cc(-c2cc#ccc2)ccc1F. The molecule has 0 saturated carbocycles. The molecule has 0 saturated heterocycles. The highest BCUT2D eigenvalue weighted by atomic mass is 35.5. The molecule has 3 rings (SSSR count). The Morgan fingerprint density at radius 2 is 1.90 bits per heavy atom. The van der Waals surface area contributed by atoms with Gasteiger partial charge in [-0.2, -0.15) is 0 Å². The molecule has 0 aliphatic heterocycles. The number of anilines is 1. The number of sulfonamides is 1. The molecule has 0 heterocycles. The molecule has 0 fully saturated rings. The van der Waals surface area contributed by atoms with Crippen LogP contribution in [0, 0.1) is 17.9 Å². The number of carbonyl (C=O) groups is 1. The number of nitrogens with one attached hydrogen (secondary N) is 1. The van der Waals surface area contributed by atoms with Crippen LogP contribution in [-0.4, -0.2) is 20.9 Å². The Morgan fingerprint density at radius 1 is 1.13 bits per heavy atom. The van der Waals surface area contributed by atoms with E-state index in [0.717, 1.165) is 12.1 Å². The largest absolute Gasteiger partial charge is 0.481 e. The quantitative estimate of drug-likeness (QED) is 0.548. The summed E-state index contributed by atoms with van der Waals surface area (Å²) in [5.41, 5.74) is 5.97. The van der Waals surface area contributed by atoms with Gasteiger partial charge in [-0.3, -0.25) is 9.52 Å². The summed E-state index contributed by atoms with van der Waals surface area (Å²) < 4.78 is 47.6. The fourth-order valence-corrected chi connectivity index (χ4v) is 4.45. The second kappa shape index (κ2) is 8.79. The number of hydrogen-bond acceptors (Lipinski definition) is 4. The minimum atomic E-state index is -4.41. The van der Waals surface area contributed by atoms with Gasteiger partial charge in [-0.05, 0) is 53.6 Å². The van der Waals surface area contributed by atoms with Crippen molar-refractivity contribution in [3.63, 3.8) is 0 Å². The molecule has 0 aliphatic rings. The monoisotopic (exact) mass is 466 g/mol. The summed E-state index contributed by atoms with van der Waals surface area (Å²) >= 11 is 12.0. The van der Waals surface area contributed by atoms with Gasteiger partial charge in [0.25, 0.3) is 15.9 Å². The predicted octanol–water partition coefficient (Wildman–Crippen LogP) is 4.06. The van der Waals surface area contributed by atoms with Crippen molar-refractivity contribution < 1.29 is 22.3 Å². The molecule has 154 valence electrons. The maximum absolute atomic E-state index is 14.4. The van der Waals surface area contributed by atoms with Crippen LogP contribution in [0.2, 0.25) is 10.0 Å². The van der Waals surface area contributed by atoms with Crippen molar-refractivity contribution in [3.8, 4) is 16.9 Å². The first kappa shape index (κ1) is 21.7. The normalized spacial score (nSPS) is 10.9. The highest BCUT2D eigenvalue weighted by Crippen LogP contribution is 2.37. The van der Waals surface area contributed by atoms with Crippen LogP contribution in [0.3, 0.4) is 0 Å². The summed E-state index contributed by atoms with van der Waals surface area (Å²) in [6.07, 6.45) is 0. The van der Waals surface area contributed by atoms with Gasteiger partial charge in [-0.25, -0.2) is 12.8 Å². The van der Waals surface area contributed by atoms with Crippen LogP contribution in [-0.2, 0) is 14.8 Å². The van der Waals surface area contributed by atoms with Gasteiger partial charge in [0.1, 0.15) is 10.7 Å². The Bertz CT molecular complexity index is 1200. The summed E-state index contributed by atoms with van der Waals surface area (Å²) in [6, 6.07) is 16.7. The molecule has 0 radical (unpaired) electrons. The molecule has 0 unspecified atom stereocenters. The fraction of sp³-hybridized carbons (Fsp3) is 0.0500. The molecule has 30 heavy (non-hydrogen) atoms. The van der Waals surface area contributed by atoms with Crippen LogP contribution in [0.15, 0.2) is 53.4 Å². The average Bonchev–Trinajstić information content (AvgIpc) is 2.69. The number of ether oxygens (including phenoxy) is 1. The lowest BCUT2D eigenvalue weighted by Gasteiger charge is -2.15. The number of rotatable bonds is 7. The minimum absolute atomic E-state index is 0.00269. The van der Waals surface area contributed by atoms with Gasteiger partial charge in [0.05, 0.1) is 10.7 Å². The van der Waals surface area contributed by atoms with Gasteiger partial charge in [0, 0.05) is 5.02 Å². The number of hydrogen-bond donors (Lipinski definition) is 2. The predicted molar refractivity (Wildman–Crippen MR) is 111 cm³/mol. The summed E-state index contributed by atoms with van der Waals surface area (Å²) in [6.45, 7) is -0.616.